The summed E-state index contributed by atoms with van der Waals surface area (Å²) in [6, 6.07) is 24.7. The fraction of sp³-hybridized carbons (Fsp3) is 0.344. The van der Waals surface area contributed by atoms with Crippen molar-refractivity contribution >= 4 is 23.4 Å². The van der Waals surface area contributed by atoms with Crippen LogP contribution in [0.25, 0.3) is 0 Å². The van der Waals surface area contributed by atoms with E-state index in [1.807, 2.05) is 78.9 Å². The summed E-state index contributed by atoms with van der Waals surface area (Å²) in [6.07, 6.45) is 0.212. The maximum atomic E-state index is 14.6. The maximum Gasteiger partial charge on any atom is 0.260 e. The molecule has 2 amide bonds. The SMILES string of the molecule is O=C(CN1C(=O)[C@]2(Cc3ccccc31)N=C(c1ccc(OCCCO)cc1)O[C@@H]2c1ccccc1)N1CCOCC1. The number of rotatable bonds is 8. The van der Waals surface area contributed by atoms with Crippen molar-refractivity contribution in [3.63, 3.8) is 0 Å². The lowest BCUT2D eigenvalue weighted by Gasteiger charge is -2.41. The molecule has 1 spiro atoms. The zero-order chi connectivity index (χ0) is 28.2. The van der Waals surface area contributed by atoms with Crippen LogP contribution in [0.4, 0.5) is 5.69 Å². The highest BCUT2D eigenvalue weighted by atomic mass is 16.5. The molecule has 0 unspecified atom stereocenters. The first-order valence-corrected chi connectivity index (χ1v) is 14.0. The van der Waals surface area contributed by atoms with E-state index in [1.54, 1.807) is 9.80 Å². The molecule has 0 radical (unpaired) electrons. The van der Waals surface area contributed by atoms with E-state index in [2.05, 4.69) is 0 Å². The van der Waals surface area contributed by atoms with Gasteiger partial charge in [-0.25, -0.2) is 4.99 Å². The third-order valence-electron chi connectivity index (χ3n) is 7.75. The second kappa shape index (κ2) is 11.7. The van der Waals surface area contributed by atoms with Gasteiger partial charge in [0, 0.05) is 43.8 Å². The zero-order valence-electron chi connectivity index (χ0n) is 22.8. The Hall–Kier alpha value is -4.21. The van der Waals surface area contributed by atoms with Crippen LogP contribution in [0.5, 0.6) is 5.75 Å². The molecule has 0 aromatic heterocycles. The summed E-state index contributed by atoms with van der Waals surface area (Å²) in [6.45, 7) is 2.39. The number of carbonyl (C=O) groups is 2. The van der Waals surface area contributed by atoms with Gasteiger partial charge in [0.1, 0.15) is 12.3 Å². The number of morpholine rings is 1. The molecule has 9 nitrogen and oxygen atoms in total. The standard InChI is InChI=1S/C32H33N3O6/c36-17-6-18-40-26-13-11-24(12-14-26)30-33-32(29(41-30)23-7-2-1-3-8-23)21-25-9-4-5-10-27(25)35(31(32)38)22-28(37)34-15-19-39-20-16-34/h1-5,7-14,29,36H,6,15-22H2/t29-,32-/m1/s1. The van der Waals surface area contributed by atoms with E-state index in [0.717, 1.165) is 22.4 Å². The summed E-state index contributed by atoms with van der Waals surface area (Å²) >= 11 is 0. The van der Waals surface area contributed by atoms with Gasteiger partial charge in [-0.1, -0.05) is 48.5 Å². The van der Waals surface area contributed by atoms with Crippen LogP contribution in [-0.2, 0) is 25.5 Å². The van der Waals surface area contributed by atoms with Gasteiger partial charge in [-0.15, -0.1) is 0 Å². The zero-order valence-corrected chi connectivity index (χ0v) is 22.8. The van der Waals surface area contributed by atoms with E-state index in [-0.39, 0.29) is 25.0 Å². The van der Waals surface area contributed by atoms with Gasteiger partial charge in [-0.05, 0) is 41.5 Å². The van der Waals surface area contributed by atoms with E-state index >= 15 is 0 Å². The first kappa shape index (κ1) is 27.0. The number of anilines is 1. The van der Waals surface area contributed by atoms with Crippen LogP contribution in [0.1, 0.15) is 29.2 Å². The minimum absolute atomic E-state index is 0.0674. The van der Waals surface area contributed by atoms with E-state index in [9.17, 15) is 9.59 Å². The second-order valence-electron chi connectivity index (χ2n) is 10.4. The predicted octanol–water partition coefficient (Wildman–Crippen LogP) is 3.15. The Balaban J connectivity index is 1.38. The van der Waals surface area contributed by atoms with E-state index in [0.29, 0.717) is 57.4 Å². The number of ether oxygens (including phenoxy) is 3. The Morgan fingerprint density at radius 3 is 2.49 bits per heavy atom. The lowest BCUT2D eigenvalue weighted by Crippen LogP contribution is -2.58. The summed E-state index contributed by atoms with van der Waals surface area (Å²) in [4.78, 5) is 36.3. The average Bonchev–Trinajstić information content (AvgIpc) is 3.40. The number of carbonyl (C=O) groups excluding carboxylic acids is 2. The molecule has 3 aromatic carbocycles. The van der Waals surface area contributed by atoms with Crippen molar-refractivity contribution < 1.29 is 28.9 Å². The van der Waals surface area contributed by atoms with Crippen LogP contribution >= 0.6 is 0 Å². The summed E-state index contributed by atoms with van der Waals surface area (Å²) in [5.41, 5.74) is 1.93. The van der Waals surface area contributed by atoms with Gasteiger partial charge in [-0.3, -0.25) is 9.59 Å². The number of benzene rings is 3. The smallest absolute Gasteiger partial charge is 0.260 e. The Bertz CT molecular complexity index is 1420. The first-order chi connectivity index (χ1) is 20.1. The fourth-order valence-corrected chi connectivity index (χ4v) is 5.66. The van der Waals surface area contributed by atoms with Gasteiger partial charge in [0.15, 0.2) is 11.6 Å². The number of amides is 2. The number of fused-ring (bicyclic) bond motifs is 1. The molecule has 212 valence electrons. The van der Waals surface area contributed by atoms with Crippen molar-refractivity contribution in [3.8, 4) is 5.75 Å². The number of nitrogens with zero attached hydrogens (tertiary/aromatic N) is 3. The quantitative estimate of drug-likeness (QED) is 0.429. The van der Waals surface area contributed by atoms with Crippen molar-refractivity contribution in [2.75, 3.05) is 51.0 Å². The van der Waals surface area contributed by atoms with E-state index in [1.165, 1.54) is 0 Å². The summed E-state index contributed by atoms with van der Waals surface area (Å²) in [5, 5.41) is 9.02. The first-order valence-electron chi connectivity index (χ1n) is 14.0. The van der Waals surface area contributed by atoms with E-state index in [4.69, 9.17) is 24.3 Å². The van der Waals surface area contributed by atoms with Crippen molar-refractivity contribution in [1.29, 1.82) is 0 Å². The van der Waals surface area contributed by atoms with Gasteiger partial charge < -0.3 is 29.1 Å². The molecule has 1 fully saturated rings. The van der Waals surface area contributed by atoms with Gasteiger partial charge in [0.2, 0.25) is 11.8 Å². The molecule has 3 aromatic rings. The average molecular weight is 556 g/mol. The number of aliphatic hydroxyl groups excluding tert-OH is 1. The summed E-state index contributed by atoms with van der Waals surface area (Å²) < 4.78 is 17.6. The number of aliphatic hydroxyl groups is 1. The van der Waals surface area contributed by atoms with Crippen LogP contribution in [0.3, 0.4) is 0 Å². The summed E-state index contributed by atoms with van der Waals surface area (Å²) in [5.74, 6) is 0.661. The lowest BCUT2D eigenvalue weighted by atomic mass is 9.78. The van der Waals surface area contributed by atoms with Gasteiger partial charge in [0.25, 0.3) is 5.91 Å². The molecular formula is C32H33N3O6. The molecule has 9 heteroatoms. The van der Waals surface area contributed by atoms with Crippen LogP contribution in [0, 0.1) is 0 Å². The largest absolute Gasteiger partial charge is 0.494 e. The van der Waals surface area contributed by atoms with Crippen LogP contribution < -0.4 is 9.64 Å². The molecule has 1 N–H and O–H groups in total. The van der Waals surface area contributed by atoms with Crippen molar-refractivity contribution in [2.24, 2.45) is 4.99 Å². The molecule has 0 bridgehead atoms. The van der Waals surface area contributed by atoms with E-state index < -0.39 is 11.6 Å². The molecule has 1 saturated heterocycles. The predicted molar refractivity (Wildman–Crippen MR) is 153 cm³/mol. The maximum absolute atomic E-state index is 14.6. The molecule has 0 aliphatic carbocycles. The molecule has 41 heavy (non-hydrogen) atoms. The highest BCUT2D eigenvalue weighted by molar-refractivity contribution is 6.10. The Kier molecular flexibility index (Phi) is 7.71. The lowest BCUT2D eigenvalue weighted by molar-refractivity contribution is -0.136. The molecule has 6 rings (SSSR count). The number of aliphatic imine (C=N–C) groups is 1. The number of hydrogen-bond acceptors (Lipinski definition) is 7. The van der Waals surface area contributed by atoms with Crippen LogP contribution in [-0.4, -0.2) is 79.3 Å². The fourth-order valence-electron chi connectivity index (χ4n) is 5.66. The van der Waals surface area contributed by atoms with Crippen LogP contribution in [0.2, 0.25) is 0 Å². The van der Waals surface area contributed by atoms with Crippen molar-refractivity contribution in [2.45, 2.75) is 24.5 Å². The van der Waals surface area contributed by atoms with Gasteiger partial charge in [0.05, 0.1) is 19.8 Å². The minimum Gasteiger partial charge on any atom is -0.494 e. The summed E-state index contributed by atoms with van der Waals surface area (Å²) in [7, 11) is 0. The third-order valence-corrected chi connectivity index (χ3v) is 7.75. The molecule has 0 saturated carbocycles. The highest BCUT2D eigenvalue weighted by Crippen LogP contribution is 2.47. The Morgan fingerprint density at radius 2 is 1.73 bits per heavy atom. The Labute approximate surface area is 239 Å². The van der Waals surface area contributed by atoms with Gasteiger partial charge >= 0.3 is 0 Å². The third kappa shape index (κ3) is 5.30. The normalized spacial score (nSPS) is 21.8. The molecule has 2 atom stereocenters. The van der Waals surface area contributed by atoms with Gasteiger partial charge in [-0.2, -0.15) is 0 Å². The Morgan fingerprint density at radius 1 is 1.00 bits per heavy atom. The topological polar surface area (TPSA) is 101 Å². The molecule has 3 aliphatic heterocycles. The number of hydrogen-bond donors (Lipinski definition) is 1. The number of para-hydroxylation sites is 1. The van der Waals surface area contributed by atoms with Crippen molar-refractivity contribution in [3.05, 3.63) is 95.6 Å². The van der Waals surface area contributed by atoms with Crippen LogP contribution in [0.15, 0.2) is 83.9 Å². The molecule has 3 heterocycles. The monoisotopic (exact) mass is 555 g/mol. The highest BCUT2D eigenvalue weighted by Gasteiger charge is 2.57. The minimum atomic E-state index is -1.29. The molecule has 3 aliphatic rings. The second-order valence-corrected chi connectivity index (χ2v) is 10.4. The molecular weight excluding hydrogens is 522 g/mol. The van der Waals surface area contributed by atoms with Crippen molar-refractivity contribution in [1.82, 2.24) is 4.90 Å².